The lowest BCUT2D eigenvalue weighted by Gasteiger charge is -2.19. The number of ether oxygens (including phenoxy) is 1. The monoisotopic (exact) mass is 384 g/mol. The molecular weight excluding hydrogens is 360 g/mol. The molecule has 1 aromatic carbocycles. The number of benzene rings is 1. The molecule has 6 heteroatoms. The second-order valence-electron chi connectivity index (χ2n) is 6.34. The summed E-state index contributed by atoms with van der Waals surface area (Å²) in [6.07, 6.45) is 0.456. The molecule has 0 aliphatic rings. The molecule has 23 heavy (non-hydrogen) atoms. The predicted octanol–water partition coefficient (Wildman–Crippen LogP) is 3.93. The summed E-state index contributed by atoms with van der Waals surface area (Å²) in [5.74, 6) is -0.0424. The molecule has 5 nitrogen and oxygen atoms in total. The number of rotatable bonds is 6. The van der Waals surface area contributed by atoms with Gasteiger partial charge in [-0.15, -0.1) is 0 Å². The minimum atomic E-state index is -0.514. The van der Waals surface area contributed by atoms with Gasteiger partial charge in [-0.25, -0.2) is 4.79 Å². The van der Waals surface area contributed by atoms with E-state index in [9.17, 15) is 9.59 Å². The van der Waals surface area contributed by atoms with Gasteiger partial charge in [0, 0.05) is 17.4 Å². The normalized spacial score (nSPS) is 12.4. The first-order valence-corrected chi connectivity index (χ1v) is 8.49. The highest BCUT2D eigenvalue weighted by Crippen LogP contribution is 2.22. The summed E-state index contributed by atoms with van der Waals surface area (Å²) >= 11 is 3.48. The second-order valence-corrected chi connectivity index (χ2v) is 7.20. The van der Waals surface area contributed by atoms with Gasteiger partial charge in [-0.05, 0) is 45.7 Å². The first-order chi connectivity index (χ1) is 10.7. The lowest BCUT2D eigenvalue weighted by Crippen LogP contribution is -2.33. The lowest BCUT2D eigenvalue weighted by atomic mass is 10.1. The number of alkyl carbamates (subject to hydrolysis) is 1. The minimum absolute atomic E-state index is 0.0424. The van der Waals surface area contributed by atoms with Crippen LogP contribution in [0.2, 0.25) is 0 Å². The van der Waals surface area contributed by atoms with Crippen LogP contribution in [0.1, 0.15) is 52.1 Å². The van der Waals surface area contributed by atoms with Crippen LogP contribution in [0.3, 0.4) is 0 Å². The highest BCUT2D eigenvalue weighted by Gasteiger charge is 2.16. The van der Waals surface area contributed by atoms with Crippen molar-refractivity contribution in [2.45, 2.75) is 52.2 Å². The average molecular weight is 385 g/mol. The van der Waals surface area contributed by atoms with Crippen molar-refractivity contribution in [1.82, 2.24) is 10.6 Å². The quantitative estimate of drug-likeness (QED) is 0.730. The molecule has 1 atom stereocenters. The molecule has 0 fully saturated rings. The highest BCUT2D eigenvalue weighted by atomic mass is 79.9. The van der Waals surface area contributed by atoms with Gasteiger partial charge < -0.3 is 15.4 Å². The summed E-state index contributed by atoms with van der Waals surface area (Å²) in [7, 11) is 0. The predicted molar refractivity (Wildman–Crippen MR) is 94.2 cm³/mol. The van der Waals surface area contributed by atoms with Crippen LogP contribution in [0.25, 0.3) is 0 Å². The number of hydrogen-bond acceptors (Lipinski definition) is 3. The fourth-order valence-electron chi connectivity index (χ4n) is 1.97. The van der Waals surface area contributed by atoms with Crippen molar-refractivity contribution >= 4 is 27.9 Å². The second kappa shape index (κ2) is 8.91. The van der Waals surface area contributed by atoms with Crippen LogP contribution >= 0.6 is 15.9 Å². The Morgan fingerprint density at radius 1 is 1.26 bits per heavy atom. The molecule has 2 amide bonds. The molecule has 128 valence electrons. The zero-order valence-electron chi connectivity index (χ0n) is 14.1. The van der Waals surface area contributed by atoms with Crippen molar-refractivity contribution in [1.29, 1.82) is 0 Å². The number of hydrogen-bond donors (Lipinski definition) is 2. The van der Waals surface area contributed by atoms with Gasteiger partial charge in [0.15, 0.2) is 0 Å². The maximum absolute atomic E-state index is 11.9. The molecule has 0 spiro atoms. The van der Waals surface area contributed by atoms with Gasteiger partial charge in [-0.3, -0.25) is 4.79 Å². The smallest absolute Gasteiger partial charge is 0.407 e. The Bertz CT molecular complexity index is 541. The molecule has 2 N–H and O–H groups in total. The molecule has 0 aliphatic heterocycles. The van der Waals surface area contributed by atoms with E-state index in [0.29, 0.717) is 19.4 Å². The van der Waals surface area contributed by atoms with Crippen LogP contribution in [0.5, 0.6) is 0 Å². The van der Waals surface area contributed by atoms with Crippen LogP contribution in [-0.2, 0) is 9.53 Å². The van der Waals surface area contributed by atoms with Gasteiger partial charge in [0.1, 0.15) is 5.60 Å². The van der Waals surface area contributed by atoms with E-state index in [1.165, 1.54) is 0 Å². The van der Waals surface area contributed by atoms with E-state index in [1.807, 2.05) is 52.0 Å². The van der Waals surface area contributed by atoms with Crippen molar-refractivity contribution in [3.63, 3.8) is 0 Å². The summed E-state index contributed by atoms with van der Waals surface area (Å²) in [6.45, 7) is 7.78. The van der Waals surface area contributed by atoms with E-state index in [1.54, 1.807) is 0 Å². The lowest BCUT2D eigenvalue weighted by molar-refractivity contribution is -0.121. The SMILES string of the molecule is C[C@@H](NC(=O)CCCNC(=O)OC(C)(C)C)c1ccccc1Br. The van der Waals surface area contributed by atoms with E-state index in [-0.39, 0.29) is 11.9 Å². The van der Waals surface area contributed by atoms with Crippen molar-refractivity contribution in [3.8, 4) is 0 Å². The first kappa shape index (κ1) is 19.5. The van der Waals surface area contributed by atoms with Crippen molar-refractivity contribution < 1.29 is 14.3 Å². The van der Waals surface area contributed by atoms with Gasteiger partial charge in [0.25, 0.3) is 0 Å². The standard InChI is InChI=1S/C17H25BrN2O3/c1-12(13-8-5-6-9-14(13)18)20-15(21)10-7-11-19-16(22)23-17(2,3)4/h5-6,8-9,12H,7,10-11H2,1-4H3,(H,19,22)(H,20,21)/t12-/m1/s1. The summed E-state index contributed by atoms with van der Waals surface area (Å²) in [5, 5.41) is 5.59. The molecule has 0 saturated heterocycles. The van der Waals surface area contributed by atoms with E-state index >= 15 is 0 Å². The Morgan fingerprint density at radius 2 is 1.91 bits per heavy atom. The summed E-state index contributed by atoms with van der Waals surface area (Å²) in [4.78, 5) is 23.4. The summed E-state index contributed by atoms with van der Waals surface area (Å²) in [5.41, 5.74) is 0.521. The van der Waals surface area contributed by atoms with E-state index in [0.717, 1.165) is 10.0 Å². The average Bonchev–Trinajstić information content (AvgIpc) is 2.42. The van der Waals surface area contributed by atoms with Crippen LogP contribution in [0.4, 0.5) is 4.79 Å². The third kappa shape index (κ3) is 8.02. The number of amides is 2. The maximum atomic E-state index is 11.9. The van der Waals surface area contributed by atoms with Gasteiger partial charge in [-0.2, -0.15) is 0 Å². The molecule has 0 aromatic heterocycles. The van der Waals surface area contributed by atoms with Crippen LogP contribution in [0.15, 0.2) is 28.7 Å². The first-order valence-electron chi connectivity index (χ1n) is 7.69. The molecular formula is C17H25BrN2O3. The molecule has 0 saturated carbocycles. The zero-order valence-corrected chi connectivity index (χ0v) is 15.7. The third-order valence-corrected chi connectivity index (χ3v) is 3.72. The van der Waals surface area contributed by atoms with Crippen LogP contribution in [-0.4, -0.2) is 24.1 Å². The molecule has 1 rings (SSSR count). The van der Waals surface area contributed by atoms with Crippen molar-refractivity contribution in [2.24, 2.45) is 0 Å². The fraction of sp³-hybridized carbons (Fsp3) is 0.529. The zero-order chi connectivity index (χ0) is 17.5. The maximum Gasteiger partial charge on any atom is 0.407 e. The Morgan fingerprint density at radius 3 is 2.52 bits per heavy atom. The third-order valence-electron chi connectivity index (χ3n) is 3.00. The number of nitrogens with one attached hydrogen (secondary N) is 2. The number of halogens is 1. The largest absolute Gasteiger partial charge is 0.444 e. The Kier molecular flexibility index (Phi) is 7.55. The fourth-order valence-corrected chi connectivity index (χ4v) is 2.60. The molecule has 0 bridgehead atoms. The Balaban J connectivity index is 2.27. The highest BCUT2D eigenvalue weighted by molar-refractivity contribution is 9.10. The molecule has 0 heterocycles. The Labute approximate surface area is 146 Å². The summed E-state index contributed by atoms with van der Waals surface area (Å²) < 4.78 is 6.10. The van der Waals surface area contributed by atoms with E-state index in [2.05, 4.69) is 26.6 Å². The van der Waals surface area contributed by atoms with E-state index < -0.39 is 11.7 Å². The van der Waals surface area contributed by atoms with Crippen molar-refractivity contribution in [2.75, 3.05) is 6.54 Å². The topological polar surface area (TPSA) is 67.4 Å². The van der Waals surface area contributed by atoms with Crippen LogP contribution in [0, 0.1) is 0 Å². The van der Waals surface area contributed by atoms with E-state index in [4.69, 9.17) is 4.74 Å². The molecule has 0 radical (unpaired) electrons. The van der Waals surface area contributed by atoms with Gasteiger partial charge >= 0.3 is 6.09 Å². The number of carbonyl (C=O) groups excluding carboxylic acids is 2. The molecule has 0 unspecified atom stereocenters. The van der Waals surface area contributed by atoms with Crippen molar-refractivity contribution in [3.05, 3.63) is 34.3 Å². The molecule has 0 aliphatic carbocycles. The molecule has 1 aromatic rings. The Hall–Kier alpha value is -1.56. The minimum Gasteiger partial charge on any atom is -0.444 e. The summed E-state index contributed by atoms with van der Waals surface area (Å²) in [6, 6.07) is 7.72. The van der Waals surface area contributed by atoms with Gasteiger partial charge in [0.2, 0.25) is 5.91 Å². The number of carbonyl (C=O) groups is 2. The van der Waals surface area contributed by atoms with Crippen LogP contribution < -0.4 is 10.6 Å². The van der Waals surface area contributed by atoms with Gasteiger partial charge in [0.05, 0.1) is 6.04 Å². The van der Waals surface area contributed by atoms with Gasteiger partial charge in [-0.1, -0.05) is 34.1 Å².